The van der Waals surface area contributed by atoms with E-state index in [2.05, 4.69) is 29.0 Å². The lowest BCUT2D eigenvalue weighted by Crippen LogP contribution is -2.14. The maximum Gasteiger partial charge on any atom is 0.387 e. The monoisotopic (exact) mass is 431 g/mol. The molecule has 2 aromatic carbocycles. The van der Waals surface area contributed by atoms with Crippen LogP contribution in [0.15, 0.2) is 54.7 Å². The maximum absolute atomic E-state index is 12.4. The summed E-state index contributed by atoms with van der Waals surface area (Å²) in [6.07, 6.45) is 1.62. The molecule has 9 heteroatoms. The number of hydrogen-bond donors (Lipinski definition) is 1. The smallest absolute Gasteiger partial charge is 0.387 e. The van der Waals surface area contributed by atoms with Gasteiger partial charge in [0.25, 0.3) is 5.91 Å². The van der Waals surface area contributed by atoms with Gasteiger partial charge in [0, 0.05) is 18.0 Å². The lowest BCUT2D eigenvalue weighted by atomic mass is 10.0. The van der Waals surface area contributed by atoms with Crippen LogP contribution in [-0.4, -0.2) is 29.4 Å². The third-order valence-electron chi connectivity index (χ3n) is 4.42. The molecule has 1 aromatic heterocycles. The quantitative estimate of drug-likeness (QED) is 0.521. The molecule has 0 aliphatic heterocycles. The number of carbonyl (C=O) groups excluding carboxylic acids is 1. The average molecular weight is 431 g/mol. The van der Waals surface area contributed by atoms with Gasteiger partial charge in [-0.05, 0) is 41.8 Å². The Morgan fingerprint density at radius 1 is 1.10 bits per heavy atom. The number of amides is 1. The van der Waals surface area contributed by atoms with Crippen LogP contribution in [0.3, 0.4) is 0 Å². The number of nitrogens with zero attached hydrogens (tertiary/aromatic N) is 2. The third kappa shape index (κ3) is 5.94. The summed E-state index contributed by atoms with van der Waals surface area (Å²) in [7, 11) is 1.32. The molecule has 164 valence electrons. The number of nitrogens with one attached hydrogen (secondary N) is 1. The Balaban J connectivity index is 1.59. The molecule has 0 fully saturated rings. The van der Waals surface area contributed by atoms with Crippen LogP contribution >= 0.6 is 0 Å². The molecule has 0 bridgehead atoms. The topological polar surface area (TPSA) is 74.6 Å². The number of hydrogen-bond acceptors (Lipinski definition) is 5. The van der Waals surface area contributed by atoms with Crippen molar-refractivity contribution in [2.24, 2.45) is 0 Å². The summed E-state index contributed by atoms with van der Waals surface area (Å²) in [5, 5.41) is 6.83. The number of carbonyl (C=O) groups is 1. The zero-order chi connectivity index (χ0) is 22.4. The van der Waals surface area contributed by atoms with Gasteiger partial charge in [-0.25, -0.2) is 4.68 Å². The number of rotatable bonds is 9. The van der Waals surface area contributed by atoms with Crippen molar-refractivity contribution in [1.82, 2.24) is 9.78 Å². The number of methoxy groups -OCH3 is 1. The highest BCUT2D eigenvalue weighted by Gasteiger charge is 2.14. The first-order valence-corrected chi connectivity index (χ1v) is 9.56. The largest absolute Gasteiger partial charge is 0.493 e. The Morgan fingerprint density at radius 3 is 2.48 bits per heavy atom. The van der Waals surface area contributed by atoms with Crippen LogP contribution in [-0.2, 0) is 6.73 Å². The van der Waals surface area contributed by atoms with E-state index in [0.717, 1.165) is 0 Å². The number of halogens is 2. The van der Waals surface area contributed by atoms with Gasteiger partial charge in [-0.2, -0.15) is 13.9 Å². The van der Waals surface area contributed by atoms with Crippen LogP contribution in [0.2, 0.25) is 0 Å². The van der Waals surface area contributed by atoms with Gasteiger partial charge in [-0.15, -0.1) is 0 Å². The first-order valence-electron chi connectivity index (χ1n) is 9.56. The number of alkyl halides is 2. The minimum absolute atomic E-state index is 0.0699. The van der Waals surface area contributed by atoms with Crippen LogP contribution in [0.25, 0.3) is 0 Å². The van der Waals surface area contributed by atoms with E-state index in [-0.39, 0.29) is 23.9 Å². The lowest BCUT2D eigenvalue weighted by molar-refractivity contribution is -0.0512. The molecule has 1 N–H and O–H groups in total. The number of benzene rings is 2. The molecule has 0 aliphatic carbocycles. The molecule has 0 saturated carbocycles. The number of anilines is 1. The van der Waals surface area contributed by atoms with E-state index in [1.54, 1.807) is 12.3 Å². The van der Waals surface area contributed by atoms with Gasteiger partial charge < -0.3 is 19.5 Å². The molecule has 0 unspecified atom stereocenters. The molecule has 0 aliphatic rings. The number of aromatic nitrogens is 2. The van der Waals surface area contributed by atoms with E-state index in [1.807, 2.05) is 24.3 Å². The van der Waals surface area contributed by atoms with Gasteiger partial charge in [0.2, 0.25) is 0 Å². The molecule has 0 radical (unpaired) electrons. The molecule has 3 aromatic rings. The Bertz CT molecular complexity index is 1020. The second kappa shape index (κ2) is 9.92. The Hall–Kier alpha value is -3.62. The highest BCUT2D eigenvalue weighted by Crippen LogP contribution is 2.31. The van der Waals surface area contributed by atoms with Crippen molar-refractivity contribution >= 4 is 11.6 Å². The normalized spacial score (nSPS) is 10.9. The standard InChI is InChI=1S/C22H23F2N3O4/c1-14(2)15-4-7-17(8-5-15)30-13-27-11-10-18(26-27)21(28)25-16-6-9-19(31-22(23)24)20(12-16)29-3/h4-12,14,22H,13H2,1-3H3,(H,25,28). The van der Waals surface area contributed by atoms with Gasteiger partial charge in [-0.3, -0.25) is 4.79 Å². The lowest BCUT2D eigenvalue weighted by Gasteiger charge is -2.11. The van der Waals surface area contributed by atoms with Crippen LogP contribution in [0.5, 0.6) is 17.2 Å². The average Bonchev–Trinajstić information content (AvgIpc) is 3.22. The first kappa shape index (κ1) is 22.1. The van der Waals surface area contributed by atoms with Gasteiger partial charge >= 0.3 is 6.61 Å². The summed E-state index contributed by atoms with van der Waals surface area (Å²) in [4.78, 5) is 12.4. The minimum atomic E-state index is -2.98. The van der Waals surface area contributed by atoms with Crippen LogP contribution in [0.1, 0.15) is 35.8 Å². The van der Waals surface area contributed by atoms with E-state index >= 15 is 0 Å². The van der Waals surface area contributed by atoms with Crippen molar-refractivity contribution < 1.29 is 27.8 Å². The van der Waals surface area contributed by atoms with Crippen LogP contribution in [0.4, 0.5) is 14.5 Å². The predicted molar refractivity (Wildman–Crippen MR) is 111 cm³/mol. The molecular weight excluding hydrogens is 408 g/mol. The van der Waals surface area contributed by atoms with E-state index < -0.39 is 12.5 Å². The summed E-state index contributed by atoms with van der Waals surface area (Å²) in [6.45, 7) is 1.40. The van der Waals surface area contributed by atoms with Gasteiger partial charge in [0.05, 0.1) is 7.11 Å². The first-order chi connectivity index (χ1) is 14.9. The van der Waals surface area contributed by atoms with Crippen molar-refractivity contribution in [2.75, 3.05) is 12.4 Å². The summed E-state index contributed by atoms with van der Waals surface area (Å²) < 4.78 is 41.4. The minimum Gasteiger partial charge on any atom is -0.493 e. The predicted octanol–water partition coefficient (Wildman–Crippen LogP) is 4.91. The summed E-state index contributed by atoms with van der Waals surface area (Å²) >= 11 is 0. The van der Waals surface area contributed by atoms with Crippen molar-refractivity contribution in [1.29, 1.82) is 0 Å². The molecule has 1 amide bonds. The molecule has 0 saturated heterocycles. The van der Waals surface area contributed by atoms with Crippen molar-refractivity contribution in [3.8, 4) is 17.2 Å². The van der Waals surface area contributed by atoms with E-state index in [0.29, 0.717) is 17.4 Å². The van der Waals surface area contributed by atoms with Crippen molar-refractivity contribution in [2.45, 2.75) is 33.1 Å². The summed E-state index contributed by atoms with van der Waals surface area (Å²) in [5.74, 6) is 0.613. The second-order valence-electron chi connectivity index (χ2n) is 6.94. The Labute approximate surface area is 178 Å². The van der Waals surface area contributed by atoms with Gasteiger partial charge in [0.1, 0.15) is 5.75 Å². The fourth-order valence-electron chi connectivity index (χ4n) is 2.78. The van der Waals surface area contributed by atoms with E-state index in [4.69, 9.17) is 9.47 Å². The fraction of sp³-hybridized carbons (Fsp3) is 0.273. The molecule has 0 atom stereocenters. The molecule has 3 rings (SSSR count). The van der Waals surface area contributed by atoms with E-state index in [9.17, 15) is 13.6 Å². The van der Waals surface area contributed by atoms with Crippen LogP contribution in [0, 0.1) is 0 Å². The third-order valence-corrected chi connectivity index (χ3v) is 4.42. The zero-order valence-corrected chi connectivity index (χ0v) is 17.3. The van der Waals surface area contributed by atoms with E-state index in [1.165, 1.54) is 35.6 Å². The summed E-state index contributed by atoms with van der Waals surface area (Å²) in [6, 6.07) is 13.4. The number of ether oxygens (including phenoxy) is 3. The van der Waals surface area contributed by atoms with Gasteiger partial charge in [0.15, 0.2) is 23.9 Å². The SMILES string of the molecule is COc1cc(NC(=O)c2ccn(COc3ccc(C(C)C)cc3)n2)ccc1OC(F)F. The van der Waals surface area contributed by atoms with Crippen molar-refractivity contribution in [3.05, 3.63) is 66.0 Å². The highest BCUT2D eigenvalue weighted by atomic mass is 19.3. The maximum atomic E-state index is 12.4. The van der Waals surface area contributed by atoms with Gasteiger partial charge in [-0.1, -0.05) is 26.0 Å². The highest BCUT2D eigenvalue weighted by molar-refractivity contribution is 6.02. The molecule has 0 spiro atoms. The Kier molecular flexibility index (Phi) is 7.07. The van der Waals surface area contributed by atoms with Crippen LogP contribution < -0.4 is 19.5 Å². The molecule has 7 nitrogen and oxygen atoms in total. The Morgan fingerprint density at radius 2 is 1.84 bits per heavy atom. The second-order valence-corrected chi connectivity index (χ2v) is 6.94. The van der Waals surface area contributed by atoms with Crippen molar-refractivity contribution in [3.63, 3.8) is 0 Å². The molecular formula is C22H23F2N3O4. The molecule has 1 heterocycles. The fourth-order valence-corrected chi connectivity index (χ4v) is 2.78. The zero-order valence-electron chi connectivity index (χ0n) is 17.3. The molecule has 31 heavy (non-hydrogen) atoms. The summed E-state index contributed by atoms with van der Waals surface area (Å²) in [5.41, 5.74) is 1.74.